The third-order valence-corrected chi connectivity index (χ3v) is 5.52. The molecule has 0 aliphatic carbocycles. The lowest BCUT2D eigenvalue weighted by molar-refractivity contribution is 0.601. The Morgan fingerprint density at radius 3 is 2.33 bits per heavy atom. The van der Waals surface area contributed by atoms with Gasteiger partial charge in [0.2, 0.25) is 0 Å². The monoisotopic (exact) mass is 388 g/mol. The highest BCUT2D eigenvalue weighted by atomic mass is 79.9. The molecule has 2 aromatic carbocycles. The Labute approximate surface area is 137 Å². The van der Waals surface area contributed by atoms with E-state index in [9.17, 15) is 8.42 Å². The van der Waals surface area contributed by atoms with Crippen LogP contribution in [0.1, 0.15) is 18.5 Å². The van der Waals surface area contributed by atoms with Gasteiger partial charge in [0, 0.05) is 10.5 Å². The van der Waals surface area contributed by atoms with Crippen molar-refractivity contribution in [2.75, 3.05) is 4.72 Å². The fraction of sp³-hybridized carbons (Fsp3) is 0.143. The van der Waals surface area contributed by atoms with Crippen molar-refractivity contribution in [2.24, 2.45) is 5.73 Å². The van der Waals surface area contributed by atoms with E-state index in [1.165, 1.54) is 12.1 Å². The highest BCUT2D eigenvalue weighted by molar-refractivity contribution is 9.10. The second kappa shape index (κ2) is 6.36. The molecular formula is C14H14BrClN2O2S. The summed E-state index contributed by atoms with van der Waals surface area (Å²) in [5, 5.41) is 0.433. The molecule has 2 rings (SSSR count). The number of hydrogen-bond donors (Lipinski definition) is 2. The fourth-order valence-electron chi connectivity index (χ4n) is 1.72. The van der Waals surface area contributed by atoms with Gasteiger partial charge in [-0.15, -0.1) is 0 Å². The molecule has 112 valence electrons. The van der Waals surface area contributed by atoms with Crippen LogP contribution in [0.2, 0.25) is 5.02 Å². The van der Waals surface area contributed by atoms with Crippen molar-refractivity contribution >= 4 is 43.2 Å². The van der Waals surface area contributed by atoms with Crippen LogP contribution in [-0.2, 0) is 10.0 Å². The molecule has 3 N–H and O–H groups in total. The van der Waals surface area contributed by atoms with Gasteiger partial charge in [0.25, 0.3) is 10.0 Å². The Morgan fingerprint density at radius 2 is 1.81 bits per heavy atom. The van der Waals surface area contributed by atoms with Gasteiger partial charge >= 0.3 is 0 Å². The maximum atomic E-state index is 12.3. The Morgan fingerprint density at radius 1 is 1.19 bits per heavy atom. The van der Waals surface area contributed by atoms with Gasteiger partial charge in [0.15, 0.2) is 0 Å². The summed E-state index contributed by atoms with van der Waals surface area (Å²) in [5.74, 6) is 0. The lowest BCUT2D eigenvalue weighted by atomic mass is 10.1. The van der Waals surface area contributed by atoms with Gasteiger partial charge in [-0.1, -0.05) is 23.7 Å². The van der Waals surface area contributed by atoms with Crippen molar-refractivity contribution in [3.8, 4) is 0 Å². The summed E-state index contributed by atoms with van der Waals surface area (Å²) in [6.45, 7) is 1.84. The average Bonchev–Trinajstić information content (AvgIpc) is 2.43. The van der Waals surface area contributed by atoms with Crippen LogP contribution < -0.4 is 10.5 Å². The van der Waals surface area contributed by atoms with Gasteiger partial charge in [-0.25, -0.2) is 8.42 Å². The van der Waals surface area contributed by atoms with Crippen LogP contribution in [0.3, 0.4) is 0 Å². The van der Waals surface area contributed by atoms with E-state index in [4.69, 9.17) is 17.3 Å². The molecule has 0 fully saturated rings. The summed E-state index contributed by atoms with van der Waals surface area (Å²) in [7, 11) is -3.65. The molecule has 0 aromatic heterocycles. The Balaban J connectivity index is 2.27. The summed E-state index contributed by atoms with van der Waals surface area (Å²) in [5.41, 5.74) is 7.02. The van der Waals surface area contributed by atoms with Gasteiger partial charge in [-0.05, 0) is 58.7 Å². The molecule has 0 spiro atoms. The number of anilines is 1. The van der Waals surface area contributed by atoms with Crippen molar-refractivity contribution in [3.63, 3.8) is 0 Å². The second-order valence-corrected chi connectivity index (χ2v) is 7.54. The summed E-state index contributed by atoms with van der Waals surface area (Å²) in [6, 6.07) is 11.2. The van der Waals surface area contributed by atoms with Gasteiger partial charge in [-0.3, -0.25) is 4.72 Å². The molecule has 4 nitrogen and oxygen atoms in total. The summed E-state index contributed by atoms with van der Waals surface area (Å²) in [6.07, 6.45) is 0. The third kappa shape index (κ3) is 3.97. The minimum atomic E-state index is -3.65. The van der Waals surface area contributed by atoms with Crippen LogP contribution in [0.15, 0.2) is 51.8 Å². The number of rotatable bonds is 4. The minimum absolute atomic E-state index is 0.139. The SMILES string of the molecule is CC(N)c1ccc(S(=O)(=O)Nc2ccc(Br)c(Cl)c2)cc1. The molecule has 21 heavy (non-hydrogen) atoms. The van der Waals surface area contributed by atoms with Crippen molar-refractivity contribution in [3.05, 3.63) is 57.5 Å². The third-order valence-electron chi connectivity index (χ3n) is 2.89. The normalized spacial score (nSPS) is 13.0. The second-order valence-electron chi connectivity index (χ2n) is 4.59. The van der Waals surface area contributed by atoms with Crippen molar-refractivity contribution in [1.82, 2.24) is 0 Å². The lowest BCUT2D eigenvalue weighted by Gasteiger charge is -2.10. The van der Waals surface area contributed by atoms with Crippen LogP contribution in [-0.4, -0.2) is 8.42 Å². The maximum absolute atomic E-state index is 12.3. The molecule has 0 saturated carbocycles. The maximum Gasteiger partial charge on any atom is 0.261 e. The summed E-state index contributed by atoms with van der Waals surface area (Å²) >= 11 is 9.20. The molecular weight excluding hydrogens is 376 g/mol. The zero-order valence-electron chi connectivity index (χ0n) is 11.2. The number of sulfonamides is 1. The molecule has 0 aliphatic heterocycles. The Kier molecular flexibility index (Phi) is 4.93. The van der Waals surface area contributed by atoms with E-state index in [-0.39, 0.29) is 10.9 Å². The van der Waals surface area contributed by atoms with E-state index in [2.05, 4.69) is 20.7 Å². The van der Waals surface area contributed by atoms with E-state index in [1.54, 1.807) is 30.3 Å². The molecule has 2 aromatic rings. The van der Waals surface area contributed by atoms with Crippen LogP contribution >= 0.6 is 27.5 Å². The zero-order valence-corrected chi connectivity index (χ0v) is 14.3. The van der Waals surface area contributed by atoms with E-state index in [0.717, 1.165) is 5.56 Å². The first kappa shape index (κ1) is 16.3. The molecule has 1 atom stereocenters. The predicted molar refractivity (Wildman–Crippen MR) is 89.0 cm³/mol. The van der Waals surface area contributed by atoms with Crippen molar-refractivity contribution < 1.29 is 8.42 Å². The fourth-order valence-corrected chi connectivity index (χ4v) is 3.20. The first-order valence-electron chi connectivity index (χ1n) is 6.13. The molecule has 7 heteroatoms. The standard InChI is InChI=1S/C14H14BrClN2O2S/c1-9(17)10-2-5-12(6-3-10)21(19,20)18-11-4-7-13(15)14(16)8-11/h2-9,18H,17H2,1H3. The molecule has 0 amide bonds. The number of benzene rings is 2. The first-order chi connectivity index (χ1) is 9.79. The van der Waals surface area contributed by atoms with E-state index >= 15 is 0 Å². The van der Waals surface area contributed by atoms with Crippen molar-refractivity contribution in [2.45, 2.75) is 17.9 Å². The van der Waals surface area contributed by atoms with Crippen molar-refractivity contribution in [1.29, 1.82) is 0 Å². The predicted octanol–water partition coefficient (Wildman–Crippen LogP) is 3.92. The summed E-state index contributed by atoms with van der Waals surface area (Å²) < 4.78 is 27.8. The van der Waals surface area contributed by atoms with Gasteiger partial charge in [-0.2, -0.15) is 0 Å². The van der Waals surface area contributed by atoms with Gasteiger partial charge in [0.05, 0.1) is 15.6 Å². The molecule has 0 bridgehead atoms. The average molecular weight is 390 g/mol. The van der Waals surface area contributed by atoms with Crippen LogP contribution in [0.25, 0.3) is 0 Å². The Hall–Kier alpha value is -1.08. The van der Waals surface area contributed by atoms with Crippen LogP contribution in [0, 0.1) is 0 Å². The van der Waals surface area contributed by atoms with E-state index < -0.39 is 10.0 Å². The van der Waals surface area contributed by atoms with Gasteiger partial charge in [0.1, 0.15) is 0 Å². The van der Waals surface area contributed by atoms with E-state index in [0.29, 0.717) is 15.2 Å². The molecule has 0 heterocycles. The summed E-state index contributed by atoms with van der Waals surface area (Å²) in [4.78, 5) is 0.172. The number of nitrogens with two attached hydrogens (primary N) is 1. The topological polar surface area (TPSA) is 72.2 Å². The smallest absolute Gasteiger partial charge is 0.261 e. The molecule has 1 unspecified atom stereocenters. The minimum Gasteiger partial charge on any atom is -0.324 e. The van der Waals surface area contributed by atoms with Crippen LogP contribution in [0.5, 0.6) is 0 Å². The van der Waals surface area contributed by atoms with Gasteiger partial charge < -0.3 is 5.73 Å². The molecule has 0 aliphatic rings. The molecule has 0 radical (unpaired) electrons. The number of nitrogens with one attached hydrogen (secondary N) is 1. The van der Waals surface area contributed by atoms with Crippen LogP contribution in [0.4, 0.5) is 5.69 Å². The lowest BCUT2D eigenvalue weighted by Crippen LogP contribution is -2.13. The largest absolute Gasteiger partial charge is 0.324 e. The Bertz CT molecular complexity index is 746. The zero-order chi connectivity index (χ0) is 15.6. The quantitative estimate of drug-likeness (QED) is 0.832. The van der Waals surface area contributed by atoms with E-state index in [1.807, 2.05) is 6.92 Å². The number of hydrogen-bond acceptors (Lipinski definition) is 3. The highest BCUT2D eigenvalue weighted by Crippen LogP contribution is 2.27. The highest BCUT2D eigenvalue weighted by Gasteiger charge is 2.15. The number of halogens is 2. The first-order valence-corrected chi connectivity index (χ1v) is 8.78. The molecule has 0 saturated heterocycles.